The highest BCUT2D eigenvalue weighted by atomic mass is 32.2. The molecule has 0 aliphatic heterocycles. The molecule has 10 heteroatoms. The minimum Gasteiger partial charge on any atom is -0.297 e. The maximum Gasteiger partial charge on any atom is 0.418 e. The van der Waals surface area contributed by atoms with Gasteiger partial charge in [0.05, 0.1) is 11.3 Å². The van der Waals surface area contributed by atoms with Gasteiger partial charge in [0.2, 0.25) is 0 Å². The van der Waals surface area contributed by atoms with E-state index in [-0.39, 0.29) is 0 Å². The second-order valence-electron chi connectivity index (χ2n) is 5.30. The number of nitrogens with one attached hydrogen (secondary N) is 1. The van der Waals surface area contributed by atoms with Gasteiger partial charge in [-0.2, -0.15) is 13.2 Å². The van der Waals surface area contributed by atoms with Crippen molar-refractivity contribution in [3.63, 3.8) is 0 Å². The second kappa shape index (κ2) is 7.95. The van der Waals surface area contributed by atoms with Crippen LogP contribution in [-0.2, 0) is 6.18 Å². The van der Waals surface area contributed by atoms with Crippen molar-refractivity contribution in [1.82, 2.24) is 5.32 Å². The lowest BCUT2D eigenvalue weighted by Crippen LogP contribution is -2.42. The van der Waals surface area contributed by atoms with E-state index < -0.39 is 46.6 Å². The summed E-state index contributed by atoms with van der Waals surface area (Å²) in [5, 5.41) is 1.68. The first-order valence-corrected chi connectivity index (χ1v) is 8.57. The Balaban J connectivity index is 2.31. The minimum atomic E-state index is -4.75. The summed E-state index contributed by atoms with van der Waals surface area (Å²) in [6.45, 7) is 0. The normalized spacial score (nSPS) is 11.2. The topological polar surface area (TPSA) is 49.4 Å². The van der Waals surface area contributed by atoms with Crippen molar-refractivity contribution in [3.05, 3.63) is 59.2 Å². The number of carbonyl (C=O) groups is 2. The number of nitrogens with zero attached hydrogens (tertiary/aromatic N) is 1. The molecule has 0 heterocycles. The fourth-order valence-electron chi connectivity index (χ4n) is 2.23. The number of anilines is 1. The Morgan fingerprint density at radius 3 is 2.19 bits per heavy atom. The van der Waals surface area contributed by atoms with E-state index in [1.54, 1.807) is 11.6 Å². The maximum atomic E-state index is 13.6. The number of hydrogen-bond acceptors (Lipinski definition) is 3. The largest absolute Gasteiger partial charge is 0.418 e. The molecular weight excluding hydrogens is 391 g/mol. The fourth-order valence-corrected chi connectivity index (χ4v) is 2.67. The zero-order valence-corrected chi connectivity index (χ0v) is 14.8. The van der Waals surface area contributed by atoms with Gasteiger partial charge in [0.15, 0.2) is 0 Å². The molecule has 1 N–H and O–H groups in total. The predicted octanol–water partition coefficient (Wildman–Crippen LogP) is 4.69. The Labute approximate surface area is 155 Å². The van der Waals surface area contributed by atoms with Crippen molar-refractivity contribution in [2.75, 3.05) is 18.2 Å². The number of amides is 3. The standard InChI is InChI=1S/C17H13F5N2O2S/c1-24(13-7-6-9(27-2)8-10(13)17(20,21)22)16(26)23-15(25)14-11(18)4-3-5-12(14)19/h3-8H,1-2H3,(H,23,25,26). The van der Waals surface area contributed by atoms with E-state index in [1.165, 1.54) is 6.07 Å². The molecule has 0 fully saturated rings. The monoisotopic (exact) mass is 404 g/mol. The third-order valence-corrected chi connectivity index (χ3v) is 4.31. The quantitative estimate of drug-likeness (QED) is 0.596. The summed E-state index contributed by atoms with van der Waals surface area (Å²) in [4.78, 5) is 25.0. The summed E-state index contributed by atoms with van der Waals surface area (Å²) < 4.78 is 67.1. The predicted molar refractivity (Wildman–Crippen MR) is 90.8 cm³/mol. The highest BCUT2D eigenvalue weighted by molar-refractivity contribution is 7.98. The van der Waals surface area contributed by atoms with E-state index in [2.05, 4.69) is 0 Å². The molecule has 27 heavy (non-hydrogen) atoms. The van der Waals surface area contributed by atoms with Crippen LogP contribution in [0.5, 0.6) is 0 Å². The summed E-state index contributed by atoms with van der Waals surface area (Å²) in [5.41, 5.74) is -2.61. The first kappa shape index (κ1) is 20.7. The maximum absolute atomic E-state index is 13.6. The number of alkyl halides is 3. The van der Waals surface area contributed by atoms with Crippen molar-refractivity contribution in [2.24, 2.45) is 0 Å². The van der Waals surface area contributed by atoms with E-state index in [0.29, 0.717) is 9.80 Å². The third kappa shape index (κ3) is 4.57. The van der Waals surface area contributed by atoms with Crippen LogP contribution in [0.1, 0.15) is 15.9 Å². The summed E-state index contributed by atoms with van der Waals surface area (Å²) in [7, 11) is 1.00. The first-order valence-electron chi connectivity index (χ1n) is 7.34. The van der Waals surface area contributed by atoms with Crippen LogP contribution in [0.3, 0.4) is 0 Å². The van der Waals surface area contributed by atoms with Crippen LogP contribution in [0.15, 0.2) is 41.3 Å². The molecule has 0 unspecified atom stereocenters. The second-order valence-corrected chi connectivity index (χ2v) is 6.18. The SMILES string of the molecule is CSc1ccc(N(C)C(=O)NC(=O)c2c(F)cccc2F)c(C(F)(F)F)c1. The molecule has 144 valence electrons. The van der Waals surface area contributed by atoms with Gasteiger partial charge >= 0.3 is 12.2 Å². The van der Waals surface area contributed by atoms with Crippen molar-refractivity contribution in [3.8, 4) is 0 Å². The van der Waals surface area contributed by atoms with Crippen LogP contribution in [-0.4, -0.2) is 25.2 Å². The molecule has 4 nitrogen and oxygen atoms in total. The minimum absolute atomic E-state index is 0.324. The number of rotatable bonds is 3. The Morgan fingerprint density at radius 1 is 1.07 bits per heavy atom. The first-order chi connectivity index (χ1) is 12.6. The molecule has 0 aliphatic rings. The summed E-state index contributed by atoms with van der Waals surface area (Å²) in [6, 6.07) is 4.69. The van der Waals surface area contributed by atoms with E-state index in [9.17, 15) is 31.5 Å². The van der Waals surface area contributed by atoms with Gasteiger partial charge in [-0.05, 0) is 36.6 Å². The van der Waals surface area contributed by atoms with Crippen LogP contribution in [0.2, 0.25) is 0 Å². The van der Waals surface area contributed by atoms with Crippen molar-refractivity contribution in [2.45, 2.75) is 11.1 Å². The van der Waals surface area contributed by atoms with Crippen LogP contribution < -0.4 is 10.2 Å². The summed E-state index contributed by atoms with van der Waals surface area (Å²) >= 11 is 1.08. The molecule has 2 rings (SSSR count). The lowest BCUT2D eigenvalue weighted by atomic mass is 10.1. The van der Waals surface area contributed by atoms with Gasteiger partial charge in [0, 0.05) is 11.9 Å². The van der Waals surface area contributed by atoms with Gasteiger partial charge in [0.25, 0.3) is 5.91 Å². The Morgan fingerprint density at radius 2 is 1.67 bits per heavy atom. The number of imide groups is 1. The van der Waals surface area contributed by atoms with Gasteiger partial charge in [-0.3, -0.25) is 15.0 Å². The van der Waals surface area contributed by atoms with Gasteiger partial charge in [-0.25, -0.2) is 13.6 Å². The van der Waals surface area contributed by atoms with Gasteiger partial charge in [0.1, 0.15) is 17.2 Å². The van der Waals surface area contributed by atoms with Crippen LogP contribution in [0.4, 0.5) is 32.4 Å². The summed E-state index contributed by atoms with van der Waals surface area (Å²) in [5.74, 6) is -3.82. The lowest BCUT2D eigenvalue weighted by Gasteiger charge is -2.22. The van der Waals surface area contributed by atoms with Crippen LogP contribution in [0, 0.1) is 11.6 Å². The highest BCUT2D eigenvalue weighted by Crippen LogP contribution is 2.38. The zero-order chi connectivity index (χ0) is 20.4. The van der Waals surface area contributed by atoms with Crippen molar-refractivity contribution < 1.29 is 31.5 Å². The Bertz CT molecular complexity index is 866. The molecular formula is C17H13F5N2O2S. The number of carbonyl (C=O) groups excluding carboxylic acids is 2. The molecule has 0 aromatic heterocycles. The average molecular weight is 404 g/mol. The van der Waals surface area contributed by atoms with Gasteiger partial charge in [-0.1, -0.05) is 6.07 Å². The molecule has 3 amide bonds. The Hall–Kier alpha value is -2.62. The number of benzene rings is 2. The zero-order valence-electron chi connectivity index (χ0n) is 14.0. The van der Waals surface area contributed by atoms with Crippen LogP contribution >= 0.6 is 11.8 Å². The molecule has 0 atom stereocenters. The molecule has 0 radical (unpaired) electrons. The van der Waals surface area contributed by atoms with Crippen molar-refractivity contribution in [1.29, 1.82) is 0 Å². The third-order valence-electron chi connectivity index (χ3n) is 3.59. The molecule has 0 spiro atoms. The van der Waals surface area contributed by atoms with Gasteiger partial charge < -0.3 is 0 Å². The molecule has 2 aromatic rings. The highest BCUT2D eigenvalue weighted by Gasteiger charge is 2.36. The lowest BCUT2D eigenvalue weighted by molar-refractivity contribution is -0.137. The smallest absolute Gasteiger partial charge is 0.297 e. The van der Waals surface area contributed by atoms with E-state index in [0.717, 1.165) is 49.1 Å². The van der Waals surface area contributed by atoms with E-state index in [4.69, 9.17) is 0 Å². The molecule has 0 saturated carbocycles. The Kier molecular flexibility index (Phi) is 6.09. The van der Waals surface area contributed by atoms with Gasteiger partial charge in [-0.15, -0.1) is 11.8 Å². The molecule has 0 aliphatic carbocycles. The fraction of sp³-hybridized carbons (Fsp3) is 0.176. The molecule has 2 aromatic carbocycles. The number of thioether (sulfide) groups is 1. The number of halogens is 5. The number of hydrogen-bond donors (Lipinski definition) is 1. The van der Waals surface area contributed by atoms with E-state index >= 15 is 0 Å². The van der Waals surface area contributed by atoms with E-state index in [1.807, 2.05) is 0 Å². The molecule has 0 bridgehead atoms. The van der Waals surface area contributed by atoms with Crippen LogP contribution in [0.25, 0.3) is 0 Å². The number of urea groups is 1. The average Bonchev–Trinajstić information content (AvgIpc) is 2.59. The summed E-state index contributed by atoms with van der Waals surface area (Å²) in [6.07, 6.45) is -3.16. The molecule has 0 saturated heterocycles. The van der Waals surface area contributed by atoms with Crippen molar-refractivity contribution >= 4 is 29.4 Å².